The van der Waals surface area contributed by atoms with Crippen LogP contribution in [0.4, 0.5) is 10.1 Å². The molecule has 8 nitrogen and oxygen atoms in total. The van der Waals surface area contributed by atoms with Crippen molar-refractivity contribution in [2.75, 3.05) is 18.1 Å². The number of fused-ring (bicyclic) bond motifs is 2. The standard InChI is InChI=1S/C27H21FN2O6/c1-2-34-18-10-6-17(7-11-18)30-24(15-3-8-19(9-4-15)35-14-22(29)31)23-25(32)20-13-16(28)5-12-21(20)36-26(23)27(30)33/h3-13,24H,2,14H2,1H3,(H2,29,31). The molecule has 2 amide bonds. The molecule has 0 fully saturated rings. The highest BCUT2D eigenvalue weighted by Crippen LogP contribution is 2.42. The van der Waals surface area contributed by atoms with E-state index in [4.69, 9.17) is 19.6 Å². The van der Waals surface area contributed by atoms with Crippen molar-refractivity contribution in [3.63, 3.8) is 0 Å². The minimum Gasteiger partial charge on any atom is -0.494 e. The maximum Gasteiger partial charge on any atom is 0.295 e. The van der Waals surface area contributed by atoms with Gasteiger partial charge in [-0.1, -0.05) is 12.1 Å². The van der Waals surface area contributed by atoms with Gasteiger partial charge >= 0.3 is 0 Å². The predicted molar refractivity (Wildman–Crippen MR) is 130 cm³/mol. The molecule has 0 saturated carbocycles. The summed E-state index contributed by atoms with van der Waals surface area (Å²) in [5.74, 6) is -0.790. The van der Waals surface area contributed by atoms with E-state index < -0.39 is 29.1 Å². The number of hydrogen-bond acceptors (Lipinski definition) is 6. The van der Waals surface area contributed by atoms with E-state index >= 15 is 0 Å². The van der Waals surface area contributed by atoms with Gasteiger partial charge in [-0.25, -0.2) is 4.39 Å². The average molecular weight is 488 g/mol. The van der Waals surface area contributed by atoms with E-state index in [0.717, 1.165) is 6.07 Å². The molecule has 0 aliphatic carbocycles. The minimum atomic E-state index is -0.848. The number of primary amides is 1. The molecule has 4 aromatic rings. The lowest BCUT2D eigenvalue weighted by Crippen LogP contribution is -2.29. The third-order valence-electron chi connectivity index (χ3n) is 5.84. The number of nitrogens with two attached hydrogens (primary N) is 1. The summed E-state index contributed by atoms with van der Waals surface area (Å²) in [6.07, 6.45) is 0. The highest BCUT2D eigenvalue weighted by atomic mass is 19.1. The second-order valence-electron chi connectivity index (χ2n) is 8.14. The molecule has 1 aromatic heterocycles. The van der Waals surface area contributed by atoms with E-state index in [0.29, 0.717) is 29.4 Å². The van der Waals surface area contributed by atoms with E-state index in [1.54, 1.807) is 48.5 Å². The Bertz CT molecular complexity index is 1530. The van der Waals surface area contributed by atoms with Crippen LogP contribution in [0.1, 0.15) is 34.6 Å². The van der Waals surface area contributed by atoms with Crippen LogP contribution in [-0.2, 0) is 4.79 Å². The van der Waals surface area contributed by atoms with Crippen molar-refractivity contribution in [1.29, 1.82) is 0 Å². The van der Waals surface area contributed by atoms with E-state index in [1.807, 2.05) is 6.92 Å². The second-order valence-corrected chi connectivity index (χ2v) is 8.14. The summed E-state index contributed by atoms with van der Waals surface area (Å²) in [5.41, 5.74) is 5.98. The molecule has 2 heterocycles. The quantitative estimate of drug-likeness (QED) is 0.422. The van der Waals surface area contributed by atoms with Crippen molar-refractivity contribution in [3.05, 3.63) is 99.7 Å². The van der Waals surface area contributed by atoms with Crippen molar-refractivity contribution in [3.8, 4) is 11.5 Å². The van der Waals surface area contributed by atoms with Crippen molar-refractivity contribution in [2.45, 2.75) is 13.0 Å². The van der Waals surface area contributed by atoms with Crippen LogP contribution in [-0.4, -0.2) is 25.0 Å². The molecule has 36 heavy (non-hydrogen) atoms. The van der Waals surface area contributed by atoms with Gasteiger partial charge in [0.05, 0.1) is 23.6 Å². The highest BCUT2D eigenvalue weighted by Gasteiger charge is 2.43. The Morgan fingerprint density at radius 1 is 1.00 bits per heavy atom. The fourth-order valence-corrected chi connectivity index (χ4v) is 4.30. The van der Waals surface area contributed by atoms with Crippen LogP contribution in [0.15, 0.2) is 75.9 Å². The van der Waals surface area contributed by atoms with Gasteiger partial charge in [0.15, 0.2) is 12.0 Å². The molecule has 1 atom stereocenters. The zero-order chi connectivity index (χ0) is 25.4. The number of ether oxygens (including phenoxy) is 2. The molecule has 1 aliphatic heterocycles. The Morgan fingerprint density at radius 3 is 2.33 bits per heavy atom. The summed E-state index contributed by atoms with van der Waals surface area (Å²) < 4.78 is 30.6. The number of halogens is 1. The number of amides is 2. The van der Waals surface area contributed by atoms with E-state index in [9.17, 15) is 18.8 Å². The largest absolute Gasteiger partial charge is 0.494 e. The Labute approximate surface area is 204 Å². The maximum absolute atomic E-state index is 14.0. The lowest BCUT2D eigenvalue weighted by atomic mass is 9.98. The maximum atomic E-state index is 14.0. The van der Waals surface area contributed by atoms with Crippen molar-refractivity contribution in [1.82, 2.24) is 0 Å². The Balaban J connectivity index is 1.66. The van der Waals surface area contributed by atoms with Crippen molar-refractivity contribution in [2.24, 2.45) is 5.73 Å². The number of benzene rings is 3. The molecule has 9 heteroatoms. The number of carbonyl (C=O) groups is 2. The summed E-state index contributed by atoms with van der Waals surface area (Å²) >= 11 is 0. The van der Waals surface area contributed by atoms with Gasteiger partial charge in [-0.2, -0.15) is 0 Å². The lowest BCUT2D eigenvalue weighted by molar-refractivity contribution is -0.119. The van der Waals surface area contributed by atoms with Gasteiger partial charge < -0.3 is 19.6 Å². The number of anilines is 1. The zero-order valence-electron chi connectivity index (χ0n) is 19.2. The monoisotopic (exact) mass is 488 g/mol. The van der Waals surface area contributed by atoms with Gasteiger partial charge in [0.1, 0.15) is 22.9 Å². The third kappa shape index (κ3) is 4.04. The summed E-state index contributed by atoms with van der Waals surface area (Å²) in [6.45, 7) is 2.07. The average Bonchev–Trinajstić information content (AvgIpc) is 3.16. The molecule has 0 saturated heterocycles. The smallest absolute Gasteiger partial charge is 0.295 e. The molecular formula is C27H21FN2O6. The van der Waals surface area contributed by atoms with Crippen molar-refractivity contribution >= 4 is 28.5 Å². The molecular weight excluding hydrogens is 467 g/mol. The van der Waals surface area contributed by atoms with E-state index in [-0.39, 0.29) is 28.9 Å². The first kappa shape index (κ1) is 23.1. The number of rotatable bonds is 7. The first-order valence-electron chi connectivity index (χ1n) is 11.2. The van der Waals surface area contributed by atoms with Crippen LogP contribution < -0.4 is 25.5 Å². The van der Waals surface area contributed by atoms with Gasteiger partial charge in [0.25, 0.3) is 11.8 Å². The van der Waals surface area contributed by atoms with Crippen LogP contribution in [0.2, 0.25) is 0 Å². The summed E-state index contributed by atoms with van der Waals surface area (Å²) in [4.78, 5) is 39.7. The number of carbonyl (C=O) groups excluding carboxylic acids is 2. The number of nitrogens with zero attached hydrogens (tertiary/aromatic N) is 1. The van der Waals surface area contributed by atoms with Crippen LogP contribution >= 0.6 is 0 Å². The molecule has 5 rings (SSSR count). The van der Waals surface area contributed by atoms with Gasteiger partial charge in [-0.15, -0.1) is 0 Å². The van der Waals surface area contributed by atoms with Gasteiger partial charge in [-0.05, 0) is 67.1 Å². The molecule has 0 spiro atoms. The first-order chi connectivity index (χ1) is 17.4. The number of hydrogen-bond donors (Lipinski definition) is 1. The molecule has 1 unspecified atom stereocenters. The second kappa shape index (κ2) is 9.18. The predicted octanol–water partition coefficient (Wildman–Crippen LogP) is 3.94. The Kier molecular flexibility index (Phi) is 5.89. The minimum absolute atomic E-state index is 0.0431. The molecule has 1 aliphatic rings. The Morgan fingerprint density at radius 2 is 1.67 bits per heavy atom. The summed E-state index contributed by atoms with van der Waals surface area (Å²) in [7, 11) is 0. The van der Waals surface area contributed by atoms with Crippen LogP contribution in [0, 0.1) is 5.82 Å². The van der Waals surface area contributed by atoms with Crippen LogP contribution in [0.3, 0.4) is 0 Å². The van der Waals surface area contributed by atoms with E-state index in [1.165, 1.54) is 17.0 Å². The van der Waals surface area contributed by atoms with Gasteiger partial charge in [-0.3, -0.25) is 19.3 Å². The molecule has 0 bridgehead atoms. The fraction of sp³-hybridized carbons (Fsp3) is 0.148. The summed E-state index contributed by atoms with van der Waals surface area (Å²) in [6, 6.07) is 16.2. The highest BCUT2D eigenvalue weighted by molar-refractivity contribution is 6.10. The van der Waals surface area contributed by atoms with Gasteiger partial charge in [0, 0.05) is 5.69 Å². The Hall–Kier alpha value is -4.66. The van der Waals surface area contributed by atoms with Crippen LogP contribution in [0.5, 0.6) is 11.5 Å². The molecule has 182 valence electrons. The zero-order valence-corrected chi connectivity index (χ0v) is 19.2. The SMILES string of the molecule is CCOc1ccc(N2C(=O)c3oc4ccc(F)cc4c(=O)c3C2c2ccc(OCC(N)=O)cc2)cc1. The molecule has 0 radical (unpaired) electrons. The van der Waals surface area contributed by atoms with Crippen molar-refractivity contribution < 1.29 is 27.9 Å². The van der Waals surface area contributed by atoms with E-state index in [2.05, 4.69) is 0 Å². The first-order valence-corrected chi connectivity index (χ1v) is 11.2. The van der Waals surface area contributed by atoms with Gasteiger partial charge in [0.2, 0.25) is 5.76 Å². The normalized spacial score (nSPS) is 14.7. The topological polar surface area (TPSA) is 112 Å². The summed E-state index contributed by atoms with van der Waals surface area (Å²) in [5, 5.41) is 0.0431. The third-order valence-corrected chi connectivity index (χ3v) is 5.84. The van der Waals surface area contributed by atoms with Crippen LogP contribution in [0.25, 0.3) is 11.0 Å². The fourth-order valence-electron chi connectivity index (χ4n) is 4.30. The molecule has 2 N–H and O–H groups in total. The molecule has 3 aromatic carbocycles. The lowest BCUT2D eigenvalue weighted by Gasteiger charge is -2.25.